The maximum absolute atomic E-state index is 9.97. The third-order valence-corrected chi connectivity index (χ3v) is 1.11. The van der Waals surface area contributed by atoms with Gasteiger partial charge in [-0.05, 0) is 6.42 Å². The SMILES string of the molecule is CCCCCNNC([NH])=O. The van der Waals surface area contributed by atoms with E-state index in [0.29, 0.717) is 0 Å². The highest BCUT2D eigenvalue weighted by Gasteiger charge is 1.88. The smallest absolute Gasteiger partial charge is 0.272 e. The largest absolute Gasteiger partial charge is 0.347 e. The molecule has 0 fully saturated rings. The van der Waals surface area contributed by atoms with Crippen LogP contribution < -0.4 is 16.6 Å². The van der Waals surface area contributed by atoms with Gasteiger partial charge in [-0.1, -0.05) is 19.8 Å². The van der Waals surface area contributed by atoms with Crippen LogP contribution in [0.1, 0.15) is 26.2 Å². The highest BCUT2D eigenvalue weighted by atomic mass is 16.2. The Balaban J connectivity index is 2.84. The monoisotopic (exact) mass is 144 g/mol. The second-order valence-corrected chi connectivity index (χ2v) is 2.09. The van der Waals surface area contributed by atoms with Gasteiger partial charge in [-0.15, -0.1) is 0 Å². The molecule has 0 aromatic carbocycles. The van der Waals surface area contributed by atoms with E-state index in [1.54, 1.807) is 0 Å². The van der Waals surface area contributed by atoms with Crippen molar-refractivity contribution in [3.63, 3.8) is 0 Å². The van der Waals surface area contributed by atoms with Crippen molar-refractivity contribution in [2.24, 2.45) is 0 Å². The van der Waals surface area contributed by atoms with Crippen LogP contribution in [-0.2, 0) is 0 Å². The molecular weight excluding hydrogens is 130 g/mol. The fourth-order valence-corrected chi connectivity index (χ4v) is 0.606. The van der Waals surface area contributed by atoms with Crippen molar-refractivity contribution in [3.8, 4) is 0 Å². The number of carbonyl (C=O) groups is 1. The highest BCUT2D eigenvalue weighted by Crippen LogP contribution is 1.89. The Morgan fingerprint density at radius 3 is 2.70 bits per heavy atom. The van der Waals surface area contributed by atoms with Crippen LogP contribution in [0.3, 0.4) is 0 Å². The number of rotatable bonds is 5. The van der Waals surface area contributed by atoms with Gasteiger partial charge in [-0.3, -0.25) is 5.43 Å². The summed E-state index contributed by atoms with van der Waals surface area (Å²) in [5, 5.41) is 0. The van der Waals surface area contributed by atoms with E-state index in [4.69, 9.17) is 5.73 Å². The Hall–Kier alpha value is -0.770. The zero-order valence-corrected chi connectivity index (χ0v) is 6.24. The Morgan fingerprint density at radius 1 is 1.50 bits per heavy atom. The first-order valence-electron chi connectivity index (χ1n) is 3.51. The average Bonchev–Trinajstić information content (AvgIpc) is 1.87. The van der Waals surface area contributed by atoms with Crippen molar-refractivity contribution in [2.45, 2.75) is 26.2 Å². The quantitative estimate of drug-likeness (QED) is 0.440. The molecule has 0 aliphatic carbocycles. The molecule has 59 valence electrons. The summed E-state index contributed by atoms with van der Waals surface area (Å²) in [7, 11) is 0. The molecule has 0 aliphatic heterocycles. The molecule has 0 bridgehead atoms. The Labute approximate surface area is 61.1 Å². The number of nitrogens with one attached hydrogen (secondary N) is 3. The van der Waals surface area contributed by atoms with E-state index in [2.05, 4.69) is 17.8 Å². The lowest BCUT2D eigenvalue weighted by Crippen LogP contribution is -2.37. The van der Waals surface area contributed by atoms with E-state index in [-0.39, 0.29) is 0 Å². The second kappa shape index (κ2) is 6.35. The predicted molar refractivity (Wildman–Crippen MR) is 39.2 cm³/mol. The fraction of sp³-hybridized carbons (Fsp3) is 0.833. The van der Waals surface area contributed by atoms with Crippen molar-refractivity contribution in [2.75, 3.05) is 6.54 Å². The molecule has 0 saturated heterocycles. The zero-order chi connectivity index (χ0) is 7.82. The van der Waals surface area contributed by atoms with Gasteiger partial charge in [0, 0.05) is 6.54 Å². The minimum Gasteiger partial charge on any atom is -0.272 e. The second-order valence-electron chi connectivity index (χ2n) is 2.09. The minimum atomic E-state index is -0.781. The number of hydrazine groups is 1. The minimum absolute atomic E-state index is 0.748. The van der Waals surface area contributed by atoms with Gasteiger partial charge in [0.25, 0.3) is 0 Å². The van der Waals surface area contributed by atoms with Gasteiger partial charge in [0.15, 0.2) is 0 Å². The highest BCUT2D eigenvalue weighted by molar-refractivity contribution is 5.70. The topological polar surface area (TPSA) is 64.9 Å². The Morgan fingerprint density at radius 2 is 2.20 bits per heavy atom. The number of hydrogen-bond donors (Lipinski definition) is 2. The van der Waals surface area contributed by atoms with Gasteiger partial charge < -0.3 is 0 Å². The van der Waals surface area contributed by atoms with Crippen LogP contribution >= 0.6 is 0 Å². The number of carbonyl (C=O) groups excluding carboxylic acids is 1. The molecule has 2 amide bonds. The molecule has 0 spiro atoms. The van der Waals surface area contributed by atoms with Crippen molar-refractivity contribution >= 4 is 6.03 Å². The molecule has 4 nitrogen and oxygen atoms in total. The summed E-state index contributed by atoms with van der Waals surface area (Å²) in [6.45, 7) is 2.86. The Bertz CT molecular complexity index is 95.0. The third-order valence-electron chi connectivity index (χ3n) is 1.11. The van der Waals surface area contributed by atoms with E-state index < -0.39 is 6.03 Å². The summed E-state index contributed by atoms with van der Waals surface area (Å²) in [5.74, 6) is 0. The molecule has 1 radical (unpaired) electrons. The maximum Gasteiger partial charge on any atom is 0.347 e. The first-order chi connectivity index (χ1) is 4.77. The standard InChI is InChI=1S/C6H14N3O/c1-2-3-4-5-8-9-6(7)10/h7-8H,2-5H2,1H3,(H,9,10). The lowest BCUT2D eigenvalue weighted by atomic mass is 10.2. The summed E-state index contributed by atoms with van der Waals surface area (Å²) < 4.78 is 0. The third kappa shape index (κ3) is 7.23. The van der Waals surface area contributed by atoms with Gasteiger partial charge in [0.2, 0.25) is 0 Å². The first kappa shape index (κ1) is 9.23. The summed E-state index contributed by atoms with van der Waals surface area (Å²) in [5.41, 5.74) is 11.3. The van der Waals surface area contributed by atoms with Crippen LogP contribution in [0.5, 0.6) is 0 Å². The van der Waals surface area contributed by atoms with Crippen LogP contribution in [0.15, 0.2) is 0 Å². The summed E-state index contributed by atoms with van der Waals surface area (Å²) in [4.78, 5) is 9.97. The lowest BCUT2D eigenvalue weighted by Gasteiger charge is -2.01. The molecule has 0 heterocycles. The molecule has 0 aliphatic rings. The van der Waals surface area contributed by atoms with Crippen LogP contribution in [0, 0.1) is 0 Å². The van der Waals surface area contributed by atoms with Gasteiger partial charge in [0.05, 0.1) is 0 Å². The van der Waals surface area contributed by atoms with Crippen LogP contribution in [-0.4, -0.2) is 12.6 Å². The molecule has 3 N–H and O–H groups in total. The number of amides is 2. The fourth-order valence-electron chi connectivity index (χ4n) is 0.606. The van der Waals surface area contributed by atoms with Crippen molar-refractivity contribution in [1.29, 1.82) is 0 Å². The maximum atomic E-state index is 9.97. The van der Waals surface area contributed by atoms with Crippen molar-refractivity contribution in [3.05, 3.63) is 0 Å². The van der Waals surface area contributed by atoms with Crippen LogP contribution in [0.25, 0.3) is 0 Å². The average molecular weight is 144 g/mol. The normalized spacial score (nSPS) is 9.30. The molecule has 0 unspecified atom stereocenters. The van der Waals surface area contributed by atoms with Crippen LogP contribution in [0.4, 0.5) is 4.79 Å². The summed E-state index contributed by atoms with van der Waals surface area (Å²) in [6, 6.07) is -0.781. The number of unbranched alkanes of at least 4 members (excludes halogenated alkanes) is 2. The van der Waals surface area contributed by atoms with Gasteiger partial charge in [0.1, 0.15) is 0 Å². The molecule has 0 aromatic heterocycles. The Kier molecular flexibility index (Phi) is 5.86. The van der Waals surface area contributed by atoms with E-state index in [1.165, 1.54) is 0 Å². The van der Waals surface area contributed by atoms with Gasteiger partial charge in [-0.2, -0.15) is 0 Å². The summed E-state index contributed by atoms with van der Waals surface area (Å²) in [6.07, 6.45) is 3.36. The van der Waals surface area contributed by atoms with Crippen LogP contribution in [0.2, 0.25) is 0 Å². The van der Waals surface area contributed by atoms with Crippen molar-refractivity contribution < 1.29 is 4.79 Å². The zero-order valence-electron chi connectivity index (χ0n) is 6.24. The van der Waals surface area contributed by atoms with E-state index in [0.717, 1.165) is 25.8 Å². The number of hydrogen-bond acceptors (Lipinski definition) is 2. The van der Waals surface area contributed by atoms with E-state index in [1.807, 2.05) is 0 Å². The molecule has 0 saturated carbocycles. The molecule has 0 aromatic rings. The lowest BCUT2D eigenvalue weighted by molar-refractivity contribution is 0.243. The molecule has 0 rings (SSSR count). The van der Waals surface area contributed by atoms with Gasteiger partial charge in [-0.25, -0.2) is 16.0 Å². The predicted octanol–water partition coefficient (Wildman–Crippen LogP) is 0.674. The van der Waals surface area contributed by atoms with E-state index in [9.17, 15) is 4.79 Å². The number of urea groups is 1. The van der Waals surface area contributed by atoms with Gasteiger partial charge >= 0.3 is 6.03 Å². The first-order valence-corrected chi connectivity index (χ1v) is 3.51. The van der Waals surface area contributed by atoms with E-state index >= 15 is 0 Å². The molecule has 0 atom stereocenters. The molecular formula is C6H14N3O. The molecule has 10 heavy (non-hydrogen) atoms. The summed E-state index contributed by atoms with van der Waals surface area (Å²) >= 11 is 0. The van der Waals surface area contributed by atoms with Crippen molar-refractivity contribution in [1.82, 2.24) is 16.6 Å². The molecule has 4 heteroatoms.